The number of nitrogens with zero attached hydrogens (tertiary/aromatic N) is 1. The Morgan fingerprint density at radius 2 is 1.85 bits per heavy atom. The van der Waals surface area contributed by atoms with Gasteiger partial charge in [-0.15, -0.1) is 23.1 Å². The second kappa shape index (κ2) is 8.64. The van der Waals surface area contributed by atoms with Crippen molar-refractivity contribution >= 4 is 46.3 Å². The molecule has 2 aromatic heterocycles. The minimum absolute atomic E-state index is 0.0887. The first-order chi connectivity index (χ1) is 12.6. The van der Waals surface area contributed by atoms with Gasteiger partial charge in [-0.05, 0) is 48.7 Å². The average molecular weight is 383 g/mol. The van der Waals surface area contributed by atoms with E-state index >= 15 is 0 Å². The van der Waals surface area contributed by atoms with E-state index in [1.165, 1.54) is 23.1 Å². The zero-order valence-electron chi connectivity index (χ0n) is 14.0. The number of nitrogens with one attached hydrogen (secondary N) is 2. The van der Waals surface area contributed by atoms with E-state index in [1.807, 2.05) is 42.6 Å². The molecule has 0 saturated carbocycles. The van der Waals surface area contributed by atoms with Crippen LogP contribution in [-0.4, -0.2) is 22.0 Å². The van der Waals surface area contributed by atoms with Crippen molar-refractivity contribution in [2.45, 2.75) is 17.1 Å². The van der Waals surface area contributed by atoms with Crippen molar-refractivity contribution in [3.8, 4) is 0 Å². The molecule has 7 heteroatoms. The van der Waals surface area contributed by atoms with Crippen LogP contribution in [0.4, 0.5) is 11.4 Å². The van der Waals surface area contributed by atoms with Crippen LogP contribution < -0.4 is 10.6 Å². The summed E-state index contributed by atoms with van der Waals surface area (Å²) >= 11 is 2.83. The number of hydrogen-bond donors (Lipinski definition) is 2. The molecule has 0 bridgehead atoms. The first kappa shape index (κ1) is 18.2. The lowest BCUT2D eigenvalue weighted by atomic mass is 10.3. The highest BCUT2D eigenvalue weighted by molar-refractivity contribution is 8.00. The Bertz CT molecular complexity index is 883. The van der Waals surface area contributed by atoms with Gasteiger partial charge in [0.1, 0.15) is 0 Å². The molecular weight excluding hydrogens is 366 g/mol. The number of carbonyl (C=O) groups is 2. The topological polar surface area (TPSA) is 71.1 Å². The maximum Gasteiger partial charge on any atom is 0.265 e. The van der Waals surface area contributed by atoms with Crippen LogP contribution in [0.3, 0.4) is 0 Å². The Kier molecular flexibility index (Phi) is 6.04. The van der Waals surface area contributed by atoms with Gasteiger partial charge in [0.05, 0.1) is 10.1 Å². The van der Waals surface area contributed by atoms with Crippen LogP contribution in [-0.2, 0) is 4.79 Å². The number of rotatable bonds is 6. The van der Waals surface area contributed by atoms with E-state index in [2.05, 4.69) is 15.6 Å². The predicted molar refractivity (Wildman–Crippen MR) is 107 cm³/mol. The van der Waals surface area contributed by atoms with Gasteiger partial charge in [0.25, 0.3) is 5.91 Å². The average Bonchev–Trinajstić information content (AvgIpc) is 3.17. The van der Waals surface area contributed by atoms with E-state index < -0.39 is 0 Å². The Morgan fingerprint density at radius 3 is 2.58 bits per heavy atom. The van der Waals surface area contributed by atoms with Gasteiger partial charge in [-0.3, -0.25) is 14.6 Å². The summed E-state index contributed by atoms with van der Waals surface area (Å²) < 4.78 is 0. The third kappa shape index (κ3) is 4.93. The van der Waals surface area contributed by atoms with E-state index in [-0.39, 0.29) is 17.1 Å². The maximum absolute atomic E-state index is 12.3. The fourth-order valence-electron chi connectivity index (χ4n) is 2.18. The Balaban J connectivity index is 1.61. The number of amides is 2. The lowest BCUT2D eigenvalue weighted by Gasteiger charge is -2.13. The summed E-state index contributed by atoms with van der Waals surface area (Å²) in [5.74, 6) is -0.222. The standard InChI is InChI=1S/C19H17N3O2S2/c1-13(18(23)21-14-7-9-20-10-8-14)26-16-5-2-4-15(12-16)22-19(24)17-6-3-11-25-17/h2-13H,1H3,(H,22,24)(H,20,21,23). The van der Waals surface area contributed by atoms with Crippen LogP contribution in [0.2, 0.25) is 0 Å². The molecule has 0 spiro atoms. The fourth-order valence-corrected chi connectivity index (χ4v) is 3.73. The summed E-state index contributed by atoms with van der Waals surface area (Å²) in [5.41, 5.74) is 1.42. The normalized spacial score (nSPS) is 11.6. The molecule has 1 unspecified atom stereocenters. The lowest BCUT2D eigenvalue weighted by molar-refractivity contribution is -0.115. The molecule has 5 nitrogen and oxygen atoms in total. The highest BCUT2D eigenvalue weighted by Crippen LogP contribution is 2.27. The number of pyridine rings is 1. The SMILES string of the molecule is CC(Sc1cccc(NC(=O)c2cccs2)c1)C(=O)Nc1ccncc1. The van der Waals surface area contributed by atoms with Crippen LogP contribution in [0.25, 0.3) is 0 Å². The molecule has 2 N–H and O–H groups in total. The van der Waals surface area contributed by atoms with E-state index in [0.717, 1.165) is 10.6 Å². The molecule has 0 aliphatic rings. The summed E-state index contributed by atoms with van der Waals surface area (Å²) in [5, 5.41) is 7.32. The first-order valence-electron chi connectivity index (χ1n) is 7.94. The minimum Gasteiger partial charge on any atom is -0.325 e. The smallest absolute Gasteiger partial charge is 0.265 e. The van der Waals surface area contributed by atoms with Gasteiger partial charge in [-0.2, -0.15) is 0 Å². The number of hydrogen-bond acceptors (Lipinski definition) is 5. The molecular formula is C19H17N3O2S2. The van der Waals surface area contributed by atoms with Crippen LogP contribution in [0, 0.1) is 0 Å². The van der Waals surface area contributed by atoms with E-state index in [4.69, 9.17) is 0 Å². The second-order valence-electron chi connectivity index (χ2n) is 5.44. The van der Waals surface area contributed by atoms with Crippen LogP contribution in [0.15, 0.2) is 71.2 Å². The molecule has 1 aromatic carbocycles. The van der Waals surface area contributed by atoms with Crippen molar-refractivity contribution in [1.82, 2.24) is 4.98 Å². The zero-order valence-corrected chi connectivity index (χ0v) is 15.6. The van der Waals surface area contributed by atoms with Gasteiger partial charge in [0.15, 0.2) is 0 Å². The van der Waals surface area contributed by atoms with Gasteiger partial charge in [0.2, 0.25) is 5.91 Å². The molecule has 1 atom stereocenters. The zero-order chi connectivity index (χ0) is 18.4. The third-order valence-corrected chi connectivity index (χ3v) is 5.43. The van der Waals surface area contributed by atoms with E-state index in [9.17, 15) is 9.59 Å². The van der Waals surface area contributed by atoms with Crippen LogP contribution in [0.1, 0.15) is 16.6 Å². The highest BCUT2D eigenvalue weighted by atomic mass is 32.2. The molecule has 0 fully saturated rings. The summed E-state index contributed by atoms with van der Waals surface area (Å²) in [4.78, 5) is 30.0. The summed E-state index contributed by atoms with van der Waals surface area (Å²) in [7, 11) is 0. The molecule has 0 aliphatic carbocycles. The molecule has 132 valence electrons. The van der Waals surface area contributed by atoms with Gasteiger partial charge < -0.3 is 10.6 Å². The van der Waals surface area contributed by atoms with E-state index in [0.29, 0.717) is 10.6 Å². The van der Waals surface area contributed by atoms with Crippen molar-refractivity contribution in [2.24, 2.45) is 0 Å². The predicted octanol–water partition coefficient (Wildman–Crippen LogP) is 4.51. The maximum atomic E-state index is 12.3. The lowest BCUT2D eigenvalue weighted by Crippen LogP contribution is -2.22. The van der Waals surface area contributed by atoms with Crippen molar-refractivity contribution in [3.05, 3.63) is 71.2 Å². The fraction of sp³-hybridized carbons (Fsp3) is 0.105. The Morgan fingerprint density at radius 1 is 1.04 bits per heavy atom. The highest BCUT2D eigenvalue weighted by Gasteiger charge is 2.15. The molecule has 0 radical (unpaired) electrons. The largest absolute Gasteiger partial charge is 0.325 e. The number of aromatic nitrogens is 1. The van der Waals surface area contributed by atoms with Crippen LogP contribution >= 0.6 is 23.1 Å². The van der Waals surface area contributed by atoms with Crippen molar-refractivity contribution in [2.75, 3.05) is 10.6 Å². The second-order valence-corrected chi connectivity index (χ2v) is 7.81. The molecule has 3 aromatic rings. The Labute approximate surface area is 159 Å². The number of benzene rings is 1. The van der Waals surface area contributed by atoms with Crippen molar-refractivity contribution in [3.63, 3.8) is 0 Å². The van der Waals surface area contributed by atoms with Crippen molar-refractivity contribution < 1.29 is 9.59 Å². The summed E-state index contributed by atoms with van der Waals surface area (Å²) in [6.45, 7) is 1.85. The summed E-state index contributed by atoms with van der Waals surface area (Å²) in [6, 6.07) is 14.6. The Hall–Kier alpha value is -2.64. The third-order valence-electron chi connectivity index (χ3n) is 3.47. The molecule has 3 rings (SSSR count). The van der Waals surface area contributed by atoms with Gasteiger partial charge >= 0.3 is 0 Å². The molecule has 0 aliphatic heterocycles. The van der Waals surface area contributed by atoms with Crippen molar-refractivity contribution in [1.29, 1.82) is 0 Å². The molecule has 2 amide bonds. The number of thioether (sulfide) groups is 1. The molecule has 2 heterocycles. The van der Waals surface area contributed by atoms with Gasteiger partial charge in [-0.1, -0.05) is 12.1 Å². The molecule has 26 heavy (non-hydrogen) atoms. The van der Waals surface area contributed by atoms with Gasteiger partial charge in [0, 0.05) is 28.7 Å². The summed E-state index contributed by atoms with van der Waals surface area (Å²) in [6.07, 6.45) is 3.26. The quantitative estimate of drug-likeness (QED) is 0.614. The molecule has 0 saturated heterocycles. The van der Waals surface area contributed by atoms with Crippen LogP contribution in [0.5, 0.6) is 0 Å². The van der Waals surface area contributed by atoms with Gasteiger partial charge in [-0.25, -0.2) is 0 Å². The number of anilines is 2. The number of thiophene rings is 1. The monoisotopic (exact) mass is 383 g/mol. The number of carbonyl (C=O) groups excluding carboxylic acids is 2. The minimum atomic E-state index is -0.286. The first-order valence-corrected chi connectivity index (χ1v) is 9.70. The van der Waals surface area contributed by atoms with E-state index in [1.54, 1.807) is 30.6 Å².